The van der Waals surface area contributed by atoms with Crippen LogP contribution in [0, 0.1) is 4.77 Å². The molecule has 2 rings (SSSR count). The SMILES string of the molecule is COCc1nc(-c2nc(=S)[nH][nH]2)cs1. The van der Waals surface area contributed by atoms with Crippen LogP contribution in [0.4, 0.5) is 0 Å². The van der Waals surface area contributed by atoms with Gasteiger partial charge in [-0.25, -0.2) is 4.98 Å². The first-order valence-corrected chi connectivity index (χ1v) is 5.17. The van der Waals surface area contributed by atoms with E-state index in [1.165, 1.54) is 11.3 Å². The van der Waals surface area contributed by atoms with Gasteiger partial charge in [0.15, 0.2) is 5.82 Å². The molecule has 74 valence electrons. The third kappa shape index (κ3) is 1.89. The molecule has 0 unspecified atom stereocenters. The first-order valence-electron chi connectivity index (χ1n) is 3.88. The summed E-state index contributed by atoms with van der Waals surface area (Å²) in [6.07, 6.45) is 0. The summed E-state index contributed by atoms with van der Waals surface area (Å²) >= 11 is 6.38. The number of nitrogens with zero attached hydrogens (tertiary/aromatic N) is 2. The summed E-state index contributed by atoms with van der Waals surface area (Å²) in [5, 5.41) is 8.39. The maximum Gasteiger partial charge on any atom is 0.213 e. The van der Waals surface area contributed by atoms with Crippen molar-refractivity contribution >= 4 is 23.6 Å². The standard InChI is InChI=1S/C7H8N4OS2/c1-12-2-5-8-4(3-14-5)6-9-7(13)11-10-6/h3H,2H2,1H3,(H2,9,10,11,13). The van der Waals surface area contributed by atoms with Crippen molar-refractivity contribution in [3.8, 4) is 11.5 Å². The molecule has 0 saturated carbocycles. The Labute approximate surface area is 89.2 Å². The van der Waals surface area contributed by atoms with E-state index < -0.39 is 0 Å². The minimum atomic E-state index is 0.432. The molecule has 5 nitrogen and oxygen atoms in total. The van der Waals surface area contributed by atoms with E-state index in [1.807, 2.05) is 5.38 Å². The molecule has 0 saturated heterocycles. The fraction of sp³-hybridized carbons (Fsp3) is 0.286. The van der Waals surface area contributed by atoms with Crippen LogP contribution in [0.15, 0.2) is 5.38 Å². The zero-order chi connectivity index (χ0) is 9.97. The van der Waals surface area contributed by atoms with Gasteiger partial charge in [0.2, 0.25) is 4.77 Å². The van der Waals surface area contributed by atoms with Gasteiger partial charge in [-0.05, 0) is 12.2 Å². The van der Waals surface area contributed by atoms with E-state index in [9.17, 15) is 0 Å². The van der Waals surface area contributed by atoms with Crippen molar-refractivity contribution in [2.75, 3.05) is 7.11 Å². The highest BCUT2D eigenvalue weighted by Gasteiger charge is 2.06. The Morgan fingerprint density at radius 2 is 2.36 bits per heavy atom. The number of rotatable bonds is 3. The molecule has 0 spiro atoms. The number of hydrogen-bond acceptors (Lipinski definition) is 5. The average Bonchev–Trinajstić information content (AvgIpc) is 2.74. The largest absolute Gasteiger partial charge is 0.378 e. The van der Waals surface area contributed by atoms with Crippen LogP contribution in [0.25, 0.3) is 11.5 Å². The number of aromatic nitrogens is 4. The molecule has 0 bridgehead atoms. The maximum absolute atomic E-state index is 4.97. The van der Waals surface area contributed by atoms with E-state index in [1.54, 1.807) is 7.11 Å². The van der Waals surface area contributed by atoms with Crippen molar-refractivity contribution in [3.05, 3.63) is 15.2 Å². The maximum atomic E-state index is 4.97. The lowest BCUT2D eigenvalue weighted by Gasteiger charge is -1.90. The van der Waals surface area contributed by atoms with Gasteiger partial charge in [-0.2, -0.15) is 4.98 Å². The summed E-state index contributed by atoms with van der Waals surface area (Å²) in [6, 6.07) is 0. The smallest absolute Gasteiger partial charge is 0.213 e. The number of methoxy groups -OCH3 is 1. The van der Waals surface area contributed by atoms with Gasteiger partial charge in [0.1, 0.15) is 10.7 Å². The zero-order valence-corrected chi connectivity index (χ0v) is 9.04. The lowest BCUT2D eigenvalue weighted by molar-refractivity contribution is 0.184. The van der Waals surface area contributed by atoms with Gasteiger partial charge in [0.25, 0.3) is 0 Å². The quantitative estimate of drug-likeness (QED) is 0.785. The molecule has 0 atom stereocenters. The van der Waals surface area contributed by atoms with Crippen LogP contribution in [0.2, 0.25) is 0 Å². The normalized spacial score (nSPS) is 10.6. The minimum Gasteiger partial charge on any atom is -0.378 e. The van der Waals surface area contributed by atoms with Crippen LogP contribution in [-0.4, -0.2) is 27.3 Å². The van der Waals surface area contributed by atoms with Gasteiger partial charge in [-0.15, -0.1) is 11.3 Å². The molecule has 2 aromatic rings. The van der Waals surface area contributed by atoms with Crippen LogP contribution >= 0.6 is 23.6 Å². The second kappa shape index (κ2) is 3.99. The molecule has 0 fully saturated rings. The molecule has 0 radical (unpaired) electrons. The number of nitrogens with one attached hydrogen (secondary N) is 2. The number of hydrogen-bond donors (Lipinski definition) is 2. The van der Waals surface area contributed by atoms with Crippen LogP contribution in [0.3, 0.4) is 0 Å². The molecule has 0 aliphatic rings. The summed E-state index contributed by atoms with van der Waals surface area (Å²) < 4.78 is 5.40. The van der Waals surface area contributed by atoms with Gasteiger partial charge in [0, 0.05) is 12.5 Å². The predicted molar refractivity (Wildman–Crippen MR) is 55.6 cm³/mol. The number of aromatic amines is 2. The second-order valence-electron chi connectivity index (χ2n) is 2.58. The van der Waals surface area contributed by atoms with Crippen molar-refractivity contribution in [1.29, 1.82) is 0 Å². The Morgan fingerprint density at radius 3 is 3.00 bits per heavy atom. The Kier molecular flexibility index (Phi) is 2.71. The Bertz CT molecular complexity index is 472. The van der Waals surface area contributed by atoms with Gasteiger partial charge in [-0.1, -0.05) is 0 Å². The number of ether oxygens (including phenoxy) is 1. The van der Waals surface area contributed by atoms with Gasteiger partial charge >= 0.3 is 0 Å². The third-order valence-electron chi connectivity index (χ3n) is 1.56. The fourth-order valence-corrected chi connectivity index (χ4v) is 1.89. The van der Waals surface area contributed by atoms with Crippen molar-refractivity contribution in [2.24, 2.45) is 0 Å². The summed E-state index contributed by atoms with van der Waals surface area (Å²) in [4.78, 5) is 8.38. The van der Waals surface area contributed by atoms with E-state index in [0.29, 0.717) is 17.2 Å². The summed E-state index contributed by atoms with van der Waals surface area (Å²) in [6.45, 7) is 0.524. The van der Waals surface area contributed by atoms with E-state index in [2.05, 4.69) is 20.2 Å². The Balaban J connectivity index is 2.28. The van der Waals surface area contributed by atoms with E-state index in [-0.39, 0.29) is 0 Å². The summed E-state index contributed by atoms with van der Waals surface area (Å²) in [5.41, 5.74) is 0.786. The van der Waals surface area contributed by atoms with Crippen LogP contribution in [-0.2, 0) is 11.3 Å². The minimum absolute atomic E-state index is 0.432. The highest BCUT2D eigenvalue weighted by atomic mass is 32.1. The predicted octanol–water partition coefficient (Wildman–Crippen LogP) is 1.74. The first kappa shape index (κ1) is 9.50. The molecule has 0 aliphatic heterocycles. The molecule has 2 aromatic heterocycles. The van der Waals surface area contributed by atoms with Crippen molar-refractivity contribution < 1.29 is 4.74 Å². The molecule has 0 aromatic carbocycles. The molecule has 0 amide bonds. The topological polar surface area (TPSA) is 66.6 Å². The Hall–Kier alpha value is -1.05. The molecule has 2 N–H and O–H groups in total. The van der Waals surface area contributed by atoms with Crippen LogP contribution in [0.5, 0.6) is 0 Å². The molecular formula is C7H8N4OS2. The van der Waals surface area contributed by atoms with Gasteiger partial charge < -0.3 is 4.74 Å². The summed E-state index contributed by atoms with van der Waals surface area (Å²) in [5.74, 6) is 0.661. The van der Waals surface area contributed by atoms with E-state index >= 15 is 0 Å². The van der Waals surface area contributed by atoms with E-state index in [0.717, 1.165) is 10.7 Å². The van der Waals surface area contributed by atoms with E-state index in [4.69, 9.17) is 17.0 Å². The molecule has 2 heterocycles. The second-order valence-corrected chi connectivity index (χ2v) is 3.90. The average molecular weight is 228 g/mol. The number of H-pyrrole nitrogens is 2. The molecule has 0 aliphatic carbocycles. The van der Waals surface area contributed by atoms with Gasteiger partial charge in [0.05, 0.1) is 6.61 Å². The molecular weight excluding hydrogens is 220 g/mol. The van der Waals surface area contributed by atoms with Gasteiger partial charge in [-0.3, -0.25) is 10.2 Å². The van der Waals surface area contributed by atoms with Crippen LogP contribution in [0.1, 0.15) is 5.01 Å². The first-order chi connectivity index (χ1) is 6.79. The monoisotopic (exact) mass is 228 g/mol. The molecule has 7 heteroatoms. The Morgan fingerprint density at radius 1 is 1.50 bits per heavy atom. The fourth-order valence-electron chi connectivity index (χ4n) is 1.00. The lowest BCUT2D eigenvalue weighted by atomic mass is 10.5. The third-order valence-corrected chi connectivity index (χ3v) is 2.58. The highest BCUT2D eigenvalue weighted by molar-refractivity contribution is 7.71. The molecule has 14 heavy (non-hydrogen) atoms. The van der Waals surface area contributed by atoms with Crippen LogP contribution < -0.4 is 0 Å². The van der Waals surface area contributed by atoms with Crippen molar-refractivity contribution in [2.45, 2.75) is 6.61 Å². The van der Waals surface area contributed by atoms with Crippen molar-refractivity contribution in [3.63, 3.8) is 0 Å². The lowest BCUT2D eigenvalue weighted by Crippen LogP contribution is -1.86. The van der Waals surface area contributed by atoms with Crippen molar-refractivity contribution in [1.82, 2.24) is 20.2 Å². The zero-order valence-electron chi connectivity index (χ0n) is 7.40. The number of thiazole rings is 1. The highest BCUT2D eigenvalue weighted by Crippen LogP contribution is 2.18. The summed E-state index contributed by atoms with van der Waals surface area (Å²) in [7, 11) is 1.64.